The van der Waals surface area contributed by atoms with Crippen LogP contribution in [0.1, 0.15) is 15.9 Å². The molecule has 5 heteroatoms. The largest absolute Gasteiger partial charge is 0.497 e. The van der Waals surface area contributed by atoms with E-state index in [1.807, 2.05) is 24.3 Å². The maximum Gasteiger partial charge on any atom is 0.262 e. The zero-order valence-electron chi connectivity index (χ0n) is 13.3. The van der Waals surface area contributed by atoms with Gasteiger partial charge in [-0.2, -0.15) is 0 Å². The first-order valence-corrected chi connectivity index (χ1v) is 7.57. The summed E-state index contributed by atoms with van der Waals surface area (Å²) in [6, 6.07) is 13.2. The van der Waals surface area contributed by atoms with Gasteiger partial charge in [-0.1, -0.05) is 18.2 Å². The van der Waals surface area contributed by atoms with Crippen LogP contribution < -0.4 is 19.7 Å². The van der Waals surface area contributed by atoms with E-state index in [4.69, 9.17) is 9.47 Å². The van der Waals surface area contributed by atoms with Crippen molar-refractivity contribution in [1.29, 1.82) is 0 Å². The molecule has 1 N–H and O–H groups in total. The molecule has 0 unspecified atom stereocenters. The van der Waals surface area contributed by atoms with E-state index in [1.54, 1.807) is 37.3 Å². The Bertz CT molecular complexity index is 715. The van der Waals surface area contributed by atoms with E-state index in [2.05, 4.69) is 5.32 Å². The Morgan fingerprint density at radius 2 is 1.96 bits per heavy atom. The summed E-state index contributed by atoms with van der Waals surface area (Å²) in [6.07, 6.45) is 0. The first-order chi connectivity index (χ1) is 11.2. The third-order valence-corrected chi connectivity index (χ3v) is 3.99. The fraction of sp³-hybridized carbons (Fsp3) is 0.278. The third-order valence-electron chi connectivity index (χ3n) is 3.99. The van der Waals surface area contributed by atoms with E-state index in [0.29, 0.717) is 23.6 Å². The number of benzene rings is 2. The number of methoxy groups -OCH3 is 2. The molecule has 0 bridgehead atoms. The van der Waals surface area contributed by atoms with E-state index in [9.17, 15) is 4.79 Å². The first kappa shape index (κ1) is 15.4. The number of ether oxygens (including phenoxy) is 2. The first-order valence-electron chi connectivity index (χ1n) is 7.57. The molecule has 0 spiro atoms. The molecule has 1 aliphatic heterocycles. The lowest BCUT2D eigenvalue weighted by molar-refractivity contribution is 0.0984. The molecular weight excluding hydrogens is 292 g/mol. The Morgan fingerprint density at radius 1 is 1.13 bits per heavy atom. The number of carbonyl (C=O) groups is 1. The number of carbonyl (C=O) groups excluding carboxylic acids is 1. The lowest BCUT2D eigenvalue weighted by Gasteiger charge is -2.23. The van der Waals surface area contributed by atoms with Crippen LogP contribution in [0.3, 0.4) is 0 Å². The molecule has 0 atom stereocenters. The Labute approximate surface area is 135 Å². The van der Waals surface area contributed by atoms with Crippen LogP contribution in [0.5, 0.6) is 11.5 Å². The number of para-hydroxylation sites is 1. The number of anilines is 1. The van der Waals surface area contributed by atoms with Crippen molar-refractivity contribution in [1.82, 2.24) is 5.32 Å². The summed E-state index contributed by atoms with van der Waals surface area (Å²) >= 11 is 0. The topological polar surface area (TPSA) is 50.8 Å². The SMILES string of the molecule is COc1ccc(C(=O)N2CCNCc3ccccc32)c(OC)c1. The molecule has 2 aromatic rings. The highest BCUT2D eigenvalue weighted by molar-refractivity contribution is 6.08. The Balaban J connectivity index is 2.00. The van der Waals surface area contributed by atoms with Crippen molar-refractivity contribution >= 4 is 11.6 Å². The van der Waals surface area contributed by atoms with Crippen LogP contribution >= 0.6 is 0 Å². The van der Waals surface area contributed by atoms with Gasteiger partial charge in [0.15, 0.2) is 0 Å². The van der Waals surface area contributed by atoms with Crippen LogP contribution in [0.2, 0.25) is 0 Å². The summed E-state index contributed by atoms with van der Waals surface area (Å²) in [6.45, 7) is 2.13. The summed E-state index contributed by atoms with van der Waals surface area (Å²) in [4.78, 5) is 14.9. The molecule has 0 saturated heterocycles. The molecule has 23 heavy (non-hydrogen) atoms. The van der Waals surface area contributed by atoms with Gasteiger partial charge in [0, 0.05) is 31.4 Å². The minimum atomic E-state index is -0.0688. The second kappa shape index (κ2) is 6.71. The number of hydrogen-bond acceptors (Lipinski definition) is 4. The molecule has 3 rings (SSSR count). The molecule has 1 heterocycles. The van der Waals surface area contributed by atoms with Crippen LogP contribution in [-0.2, 0) is 6.54 Å². The zero-order valence-corrected chi connectivity index (χ0v) is 13.3. The smallest absolute Gasteiger partial charge is 0.262 e. The van der Waals surface area contributed by atoms with E-state index in [-0.39, 0.29) is 5.91 Å². The van der Waals surface area contributed by atoms with Gasteiger partial charge in [0.25, 0.3) is 5.91 Å². The Morgan fingerprint density at radius 3 is 2.74 bits per heavy atom. The van der Waals surface area contributed by atoms with Crippen molar-refractivity contribution in [3.63, 3.8) is 0 Å². The Hall–Kier alpha value is -2.53. The fourth-order valence-electron chi connectivity index (χ4n) is 2.79. The molecule has 2 aromatic carbocycles. The maximum atomic E-state index is 13.1. The van der Waals surface area contributed by atoms with Crippen LogP contribution in [0, 0.1) is 0 Å². The zero-order chi connectivity index (χ0) is 16.2. The molecule has 0 fully saturated rings. The van der Waals surface area contributed by atoms with Gasteiger partial charge in [0.2, 0.25) is 0 Å². The minimum absolute atomic E-state index is 0.0688. The molecule has 120 valence electrons. The minimum Gasteiger partial charge on any atom is -0.497 e. The second-order valence-electron chi connectivity index (χ2n) is 5.33. The summed E-state index contributed by atoms with van der Waals surface area (Å²) in [5, 5.41) is 3.34. The van der Waals surface area contributed by atoms with Crippen molar-refractivity contribution in [2.45, 2.75) is 6.54 Å². The van der Waals surface area contributed by atoms with Gasteiger partial charge in [-0.15, -0.1) is 0 Å². The number of nitrogens with one attached hydrogen (secondary N) is 1. The molecule has 0 radical (unpaired) electrons. The fourth-order valence-corrected chi connectivity index (χ4v) is 2.79. The predicted octanol–water partition coefficient (Wildman–Crippen LogP) is 2.45. The third kappa shape index (κ3) is 3.00. The quantitative estimate of drug-likeness (QED) is 0.946. The monoisotopic (exact) mass is 312 g/mol. The van der Waals surface area contributed by atoms with E-state index < -0.39 is 0 Å². The summed E-state index contributed by atoms with van der Waals surface area (Å²) < 4.78 is 10.6. The van der Waals surface area contributed by atoms with Crippen molar-refractivity contribution in [2.24, 2.45) is 0 Å². The number of nitrogens with zero attached hydrogens (tertiary/aromatic N) is 1. The van der Waals surface area contributed by atoms with Gasteiger partial charge in [0.05, 0.1) is 19.8 Å². The lowest BCUT2D eigenvalue weighted by atomic mass is 10.1. The van der Waals surface area contributed by atoms with Crippen LogP contribution in [0.15, 0.2) is 42.5 Å². The molecule has 0 saturated carbocycles. The van der Waals surface area contributed by atoms with Gasteiger partial charge >= 0.3 is 0 Å². The average Bonchev–Trinajstić information content (AvgIpc) is 2.83. The average molecular weight is 312 g/mol. The molecule has 1 amide bonds. The van der Waals surface area contributed by atoms with Gasteiger partial charge < -0.3 is 19.7 Å². The highest BCUT2D eigenvalue weighted by Crippen LogP contribution is 2.29. The van der Waals surface area contributed by atoms with Crippen LogP contribution in [-0.4, -0.2) is 33.2 Å². The lowest BCUT2D eigenvalue weighted by Crippen LogP contribution is -2.35. The maximum absolute atomic E-state index is 13.1. The summed E-state index contributed by atoms with van der Waals surface area (Å²) in [7, 11) is 3.15. The molecular formula is C18H20N2O3. The highest BCUT2D eigenvalue weighted by atomic mass is 16.5. The van der Waals surface area contributed by atoms with Gasteiger partial charge in [-0.05, 0) is 23.8 Å². The normalized spacial score (nSPS) is 13.9. The van der Waals surface area contributed by atoms with Crippen LogP contribution in [0.4, 0.5) is 5.69 Å². The standard InChI is InChI=1S/C18H20N2O3/c1-22-14-7-8-15(17(11-14)23-2)18(21)20-10-9-19-12-13-5-3-4-6-16(13)20/h3-8,11,19H,9-10,12H2,1-2H3. The molecule has 0 aliphatic carbocycles. The van der Waals surface area contributed by atoms with Crippen molar-refractivity contribution in [3.8, 4) is 11.5 Å². The summed E-state index contributed by atoms with van der Waals surface area (Å²) in [5.41, 5.74) is 2.59. The van der Waals surface area contributed by atoms with Crippen molar-refractivity contribution in [2.75, 3.05) is 32.2 Å². The van der Waals surface area contributed by atoms with Crippen molar-refractivity contribution < 1.29 is 14.3 Å². The van der Waals surface area contributed by atoms with E-state index in [0.717, 1.165) is 24.3 Å². The number of amides is 1. The van der Waals surface area contributed by atoms with E-state index in [1.165, 1.54) is 0 Å². The second-order valence-corrected chi connectivity index (χ2v) is 5.33. The van der Waals surface area contributed by atoms with E-state index >= 15 is 0 Å². The van der Waals surface area contributed by atoms with Gasteiger partial charge in [0.1, 0.15) is 11.5 Å². The Kier molecular flexibility index (Phi) is 4.48. The number of hydrogen-bond donors (Lipinski definition) is 1. The molecule has 0 aromatic heterocycles. The summed E-state index contributed by atoms with van der Waals surface area (Å²) in [5.74, 6) is 1.11. The van der Waals surface area contributed by atoms with Crippen molar-refractivity contribution in [3.05, 3.63) is 53.6 Å². The van der Waals surface area contributed by atoms with Gasteiger partial charge in [-0.25, -0.2) is 0 Å². The highest BCUT2D eigenvalue weighted by Gasteiger charge is 2.24. The predicted molar refractivity (Wildman–Crippen MR) is 89.4 cm³/mol. The molecule has 5 nitrogen and oxygen atoms in total. The number of fused-ring (bicyclic) bond motifs is 1. The number of rotatable bonds is 3. The van der Waals surface area contributed by atoms with Crippen LogP contribution in [0.25, 0.3) is 0 Å². The van der Waals surface area contributed by atoms with Gasteiger partial charge in [-0.3, -0.25) is 4.79 Å². The molecule has 1 aliphatic rings.